The topological polar surface area (TPSA) is 59.5 Å². The van der Waals surface area contributed by atoms with Crippen molar-refractivity contribution in [3.63, 3.8) is 0 Å². The van der Waals surface area contributed by atoms with Crippen LogP contribution in [0.4, 0.5) is 17.5 Å². The number of nitrogens with one attached hydrogen (secondary N) is 1. The molecular weight excluding hydrogens is 376 g/mol. The summed E-state index contributed by atoms with van der Waals surface area (Å²) >= 11 is 6.23. The first kappa shape index (κ1) is 18.4. The molecule has 1 aliphatic rings. The van der Waals surface area contributed by atoms with E-state index < -0.39 is 0 Å². The van der Waals surface area contributed by atoms with E-state index in [0.29, 0.717) is 23.3 Å². The third-order valence-corrected chi connectivity index (χ3v) is 5.11. The number of para-hydroxylation sites is 1. The minimum atomic E-state index is 0.649. The monoisotopic (exact) mass is 396 g/mol. The SMILES string of the molecule is COc1cc2c(cc1OC)CN(c1nccc(Nc3ccccc3Cl)n1)CC2. The number of nitrogens with zero attached hydrogens (tertiary/aromatic N) is 3. The molecule has 1 aliphatic heterocycles. The van der Waals surface area contributed by atoms with Crippen molar-refractivity contribution in [2.45, 2.75) is 13.0 Å². The molecule has 144 valence electrons. The number of rotatable bonds is 5. The maximum Gasteiger partial charge on any atom is 0.227 e. The summed E-state index contributed by atoms with van der Waals surface area (Å²) in [5.74, 6) is 2.88. The van der Waals surface area contributed by atoms with Crippen molar-refractivity contribution < 1.29 is 9.47 Å². The molecule has 2 aromatic carbocycles. The quantitative estimate of drug-likeness (QED) is 0.687. The smallest absolute Gasteiger partial charge is 0.227 e. The predicted octanol–water partition coefficient (Wildman–Crippen LogP) is 4.45. The minimum Gasteiger partial charge on any atom is -0.493 e. The number of methoxy groups -OCH3 is 2. The van der Waals surface area contributed by atoms with Gasteiger partial charge in [0.2, 0.25) is 5.95 Å². The largest absolute Gasteiger partial charge is 0.493 e. The second kappa shape index (κ2) is 7.94. The van der Waals surface area contributed by atoms with Gasteiger partial charge in [0.25, 0.3) is 0 Å². The fourth-order valence-electron chi connectivity index (χ4n) is 3.32. The Balaban J connectivity index is 1.57. The maximum absolute atomic E-state index is 6.23. The normalized spacial score (nSPS) is 13.0. The van der Waals surface area contributed by atoms with E-state index in [-0.39, 0.29) is 0 Å². The molecule has 0 fully saturated rings. The van der Waals surface area contributed by atoms with E-state index in [2.05, 4.69) is 26.3 Å². The second-order valence-electron chi connectivity index (χ2n) is 6.49. The molecule has 0 saturated carbocycles. The van der Waals surface area contributed by atoms with E-state index >= 15 is 0 Å². The van der Waals surface area contributed by atoms with Crippen LogP contribution in [0.2, 0.25) is 5.02 Å². The highest BCUT2D eigenvalue weighted by atomic mass is 35.5. The van der Waals surface area contributed by atoms with Gasteiger partial charge in [-0.2, -0.15) is 4.98 Å². The van der Waals surface area contributed by atoms with Gasteiger partial charge >= 0.3 is 0 Å². The lowest BCUT2D eigenvalue weighted by Gasteiger charge is -2.29. The molecule has 0 saturated heterocycles. The molecule has 0 unspecified atom stereocenters. The number of benzene rings is 2. The number of halogens is 1. The molecule has 0 amide bonds. The predicted molar refractivity (Wildman–Crippen MR) is 111 cm³/mol. The molecule has 0 aliphatic carbocycles. The van der Waals surface area contributed by atoms with Crippen LogP contribution in [0.3, 0.4) is 0 Å². The van der Waals surface area contributed by atoms with Crippen molar-refractivity contribution in [3.05, 3.63) is 64.8 Å². The lowest BCUT2D eigenvalue weighted by molar-refractivity contribution is 0.353. The van der Waals surface area contributed by atoms with Crippen molar-refractivity contribution in [3.8, 4) is 11.5 Å². The van der Waals surface area contributed by atoms with Crippen molar-refractivity contribution in [2.75, 3.05) is 31.0 Å². The zero-order chi connectivity index (χ0) is 19.5. The van der Waals surface area contributed by atoms with Gasteiger partial charge in [0.15, 0.2) is 11.5 Å². The summed E-state index contributed by atoms with van der Waals surface area (Å²) in [7, 11) is 3.31. The van der Waals surface area contributed by atoms with Gasteiger partial charge in [-0.1, -0.05) is 23.7 Å². The van der Waals surface area contributed by atoms with Crippen LogP contribution in [-0.2, 0) is 13.0 Å². The number of hydrogen-bond acceptors (Lipinski definition) is 6. The zero-order valence-corrected chi connectivity index (χ0v) is 16.5. The van der Waals surface area contributed by atoms with E-state index in [9.17, 15) is 0 Å². The van der Waals surface area contributed by atoms with Gasteiger partial charge in [-0.05, 0) is 47.9 Å². The van der Waals surface area contributed by atoms with Gasteiger partial charge in [0.05, 0.1) is 24.9 Å². The number of hydrogen-bond donors (Lipinski definition) is 1. The summed E-state index contributed by atoms with van der Waals surface area (Å²) in [5.41, 5.74) is 3.27. The van der Waals surface area contributed by atoms with Gasteiger partial charge in [-0.15, -0.1) is 0 Å². The molecule has 3 aromatic rings. The third kappa shape index (κ3) is 3.68. The van der Waals surface area contributed by atoms with Gasteiger partial charge < -0.3 is 19.7 Å². The van der Waals surface area contributed by atoms with Gasteiger partial charge in [0.1, 0.15) is 5.82 Å². The number of ether oxygens (including phenoxy) is 2. The van der Waals surface area contributed by atoms with Crippen molar-refractivity contribution in [2.24, 2.45) is 0 Å². The third-order valence-electron chi connectivity index (χ3n) is 4.78. The van der Waals surface area contributed by atoms with Gasteiger partial charge in [0, 0.05) is 19.3 Å². The summed E-state index contributed by atoms with van der Waals surface area (Å²) in [4.78, 5) is 11.3. The highest BCUT2D eigenvalue weighted by Crippen LogP contribution is 2.34. The highest BCUT2D eigenvalue weighted by Gasteiger charge is 2.21. The molecule has 0 bridgehead atoms. The number of anilines is 3. The van der Waals surface area contributed by atoms with Crippen LogP contribution in [0.1, 0.15) is 11.1 Å². The summed E-state index contributed by atoms with van der Waals surface area (Å²) in [6.07, 6.45) is 2.65. The number of aromatic nitrogens is 2. The molecule has 6 nitrogen and oxygen atoms in total. The molecule has 28 heavy (non-hydrogen) atoms. The van der Waals surface area contributed by atoms with E-state index in [1.165, 1.54) is 11.1 Å². The van der Waals surface area contributed by atoms with E-state index in [0.717, 1.165) is 30.2 Å². The highest BCUT2D eigenvalue weighted by molar-refractivity contribution is 6.33. The lowest BCUT2D eigenvalue weighted by atomic mass is 9.99. The van der Waals surface area contributed by atoms with E-state index in [4.69, 9.17) is 21.1 Å². The van der Waals surface area contributed by atoms with Crippen LogP contribution in [-0.4, -0.2) is 30.7 Å². The first-order valence-electron chi connectivity index (χ1n) is 9.01. The Bertz CT molecular complexity index is 996. The summed E-state index contributed by atoms with van der Waals surface area (Å²) in [5, 5.41) is 3.91. The summed E-state index contributed by atoms with van der Waals surface area (Å²) in [6, 6.07) is 13.5. The number of fused-ring (bicyclic) bond motifs is 1. The molecule has 4 rings (SSSR count). The van der Waals surface area contributed by atoms with Gasteiger partial charge in [-0.3, -0.25) is 0 Å². The van der Waals surface area contributed by atoms with E-state index in [1.807, 2.05) is 36.4 Å². The lowest BCUT2D eigenvalue weighted by Crippen LogP contribution is -2.31. The fraction of sp³-hybridized carbons (Fsp3) is 0.238. The molecule has 7 heteroatoms. The fourth-order valence-corrected chi connectivity index (χ4v) is 3.51. The summed E-state index contributed by atoms with van der Waals surface area (Å²) < 4.78 is 10.9. The Morgan fingerprint density at radius 2 is 1.79 bits per heavy atom. The van der Waals surface area contributed by atoms with Crippen molar-refractivity contribution >= 4 is 29.1 Å². The molecule has 1 N–H and O–H groups in total. The molecule has 0 spiro atoms. The van der Waals surface area contributed by atoms with Crippen LogP contribution in [0, 0.1) is 0 Å². The first-order valence-corrected chi connectivity index (χ1v) is 9.39. The Labute approximate surface area is 169 Å². The van der Waals surface area contributed by atoms with E-state index in [1.54, 1.807) is 20.4 Å². The maximum atomic E-state index is 6.23. The standard InChI is InChI=1S/C21H21ClN4O2/c1-27-18-11-14-8-10-26(13-15(14)12-19(18)28-2)21-23-9-7-20(25-21)24-17-6-4-3-5-16(17)22/h3-7,9,11-12H,8,10,13H2,1-2H3,(H,23,24,25). The average Bonchev–Trinajstić information content (AvgIpc) is 2.74. The van der Waals surface area contributed by atoms with Crippen LogP contribution in [0.5, 0.6) is 11.5 Å². The average molecular weight is 397 g/mol. The molecular formula is C21H21ClN4O2. The molecule has 1 aromatic heterocycles. The van der Waals surface area contributed by atoms with Crippen LogP contribution in [0.15, 0.2) is 48.7 Å². The zero-order valence-electron chi connectivity index (χ0n) is 15.8. The Hall–Kier alpha value is -2.99. The Morgan fingerprint density at radius 1 is 1.04 bits per heavy atom. The minimum absolute atomic E-state index is 0.649. The van der Waals surface area contributed by atoms with Crippen molar-refractivity contribution in [1.82, 2.24) is 9.97 Å². The Kier molecular flexibility index (Phi) is 5.21. The molecule has 0 atom stereocenters. The van der Waals surface area contributed by atoms with Crippen LogP contribution < -0.4 is 19.7 Å². The molecule has 0 radical (unpaired) electrons. The van der Waals surface area contributed by atoms with Crippen molar-refractivity contribution in [1.29, 1.82) is 0 Å². The van der Waals surface area contributed by atoms with Crippen LogP contribution in [0.25, 0.3) is 0 Å². The summed E-state index contributed by atoms with van der Waals surface area (Å²) in [6.45, 7) is 1.54. The molecule has 2 heterocycles. The van der Waals surface area contributed by atoms with Gasteiger partial charge in [-0.25, -0.2) is 4.98 Å². The Morgan fingerprint density at radius 3 is 2.54 bits per heavy atom. The van der Waals surface area contributed by atoms with Crippen LogP contribution >= 0.6 is 11.6 Å². The second-order valence-corrected chi connectivity index (χ2v) is 6.90. The first-order chi connectivity index (χ1) is 13.7.